The van der Waals surface area contributed by atoms with E-state index in [0.717, 1.165) is 17.9 Å². The Morgan fingerprint density at radius 3 is 2.75 bits per heavy atom. The van der Waals surface area contributed by atoms with Crippen LogP contribution in [0, 0.1) is 13.8 Å². The van der Waals surface area contributed by atoms with Crippen LogP contribution in [0.1, 0.15) is 41.8 Å². The van der Waals surface area contributed by atoms with Crippen molar-refractivity contribution >= 4 is 5.91 Å². The minimum atomic E-state index is -0.0295. The van der Waals surface area contributed by atoms with Crippen LogP contribution in [0.3, 0.4) is 0 Å². The van der Waals surface area contributed by atoms with Crippen LogP contribution in [0.5, 0.6) is 0 Å². The Morgan fingerprint density at radius 2 is 2.15 bits per heavy atom. The van der Waals surface area contributed by atoms with Crippen molar-refractivity contribution in [1.29, 1.82) is 0 Å². The zero-order valence-corrected chi connectivity index (χ0v) is 12.6. The molecule has 108 valence electrons. The van der Waals surface area contributed by atoms with Gasteiger partial charge in [-0.15, -0.1) is 0 Å². The molecule has 0 aromatic carbocycles. The third-order valence-electron chi connectivity index (χ3n) is 3.55. The average molecular weight is 274 g/mol. The molecule has 2 aromatic rings. The molecule has 0 radical (unpaired) electrons. The number of imidazole rings is 1. The largest absolute Gasteiger partial charge is 0.349 e. The molecule has 0 unspecified atom stereocenters. The fourth-order valence-corrected chi connectivity index (χ4v) is 2.19. The number of aromatic nitrogens is 3. The van der Waals surface area contributed by atoms with Crippen LogP contribution >= 0.6 is 0 Å². The summed E-state index contributed by atoms with van der Waals surface area (Å²) in [6.07, 6.45) is 3.75. The zero-order chi connectivity index (χ0) is 14.7. The van der Waals surface area contributed by atoms with Gasteiger partial charge in [-0.1, -0.05) is 0 Å². The number of hydrogen-bond donors (Lipinski definition) is 1. The Morgan fingerprint density at radius 1 is 1.40 bits per heavy atom. The number of aryl methyl sites for hydroxylation is 1. The van der Waals surface area contributed by atoms with Gasteiger partial charge in [0, 0.05) is 31.0 Å². The Balaban J connectivity index is 1.92. The van der Waals surface area contributed by atoms with Gasteiger partial charge in [0.15, 0.2) is 0 Å². The number of nitrogens with zero attached hydrogens (tertiary/aromatic N) is 3. The van der Waals surface area contributed by atoms with Crippen molar-refractivity contribution in [3.63, 3.8) is 0 Å². The maximum Gasteiger partial charge on any atom is 0.267 e. The van der Waals surface area contributed by atoms with Crippen LogP contribution in [-0.4, -0.2) is 26.6 Å². The summed E-state index contributed by atoms with van der Waals surface area (Å²) in [7, 11) is 0. The van der Waals surface area contributed by atoms with Gasteiger partial charge in [0.2, 0.25) is 0 Å². The number of carbonyl (C=O) groups excluding carboxylic acids is 1. The second-order valence-electron chi connectivity index (χ2n) is 5.26. The number of amides is 1. The molecule has 0 atom stereocenters. The molecular weight excluding hydrogens is 252 g/mol. The van der Waals surface area contributed by atoms with Crippen molar-refractivity contribution in [2.45, 2.75) is 40.3 Å². The highest BCUT2D eigenvalue weighted by molar-refractivity contribution is 5.92. The van der Waals surface area contributed by atoms with Gasteiger partial charge in [-0.25, -0.2) is 4.98 Å². The van der Waals surface area contributed by atoms with Crippen LogP contribution in [0.15, 0.2) is 24.7 Å². The lowest BCUT2D eigenvalue weighted by molar-refractivity contribution is 0.0941. The van der Waals surface area contributed by atoms with Crippen LogP contribution < -0.4 is 5.32 Å². The van der Waals surface area contributed by atoms with E-state index in [1.807, 2.05) is 43.1 Å². The molecule has 0 aliphatic heterocycles. The third kappa shape index (κ3) is 2.92. The van der Waals surface area contributed by atoms with Crippen LogP contribution in [-0.2, 0) is 6.54 Å². The molecule has 5 nitrogen and oxygen atoms in total. The SMILES string of the molecule is Cc1ncn(CCNC(=O)c2cccn2C(C)C)c1C. The summed E-state index contributed by atoms with van der Waals surface area (Å²) in [5, 5.41) is 2.96. The number of hydrogen-bond acceptors (Lipinski definition) is 2. The van der Waals surface area contributed by atoms with Crippen LogP contribution in [0.2, 0.25) is 0 Å². The van der Waals surface area contributed by atoms with E-state index in [-0.39, 0.29) is 11.9 Å². The molecule has 0 spiro atoms. The molecule has 2 heterocycles. The van der Waals surface area contributed by atoms with E-state index in [2.05, 4.69) is 28.7 Å². The maximum atomic E-state index is 12.2. The normalized spacial score (nSPS) is 11.1. The fourth-order valence-electron chi connectivity index (χ4n) is 2.19. The Kier molecular flexibility index (Phi) is 4.27. The van der Waals surface area contributed by atoms with Gasteiger partial charge in [-0.05, 0) is 39.8 Å². The predicted octanol–water partition coefficient (Wildman–Crippen LogP) is 2.31. The summed E-state index contributed by atoms with van der Waals surface area (Å²) >= 11 is 0. The summed E-state index contributed by atoms with van der Waals surface area (Å²) in [4.78, 5) is 16.4. The molecule has 2 aromatic heterocycles. The lowest BCUT2D eigenvalue weighted by atomic mass is 10.3. The Bertz CT molecular complexity index is 595. The van der Waals surface area contributed by atoms with Crippen molar-refractivity contribution in [1.82, 2.24) is 19.4 Å². The smallest absolute Gasteiger partial charge is 0.267 e. The molecule has 1 N–H and O–H groups in total. The molecule has 2 rings (SSSR count). The highest BCUT2D eigenvalue weighted by atomic mass is 16.1. The molecule has 1 amide bonds. The van der Waals surface area contributed by atoms with Crippen LogP contribution in [0.25, 0.3) is 0 Å². The van der Waals surface area contributed by atoms with Crippen LogP contribution in [0.4, 0.5) is 0 Å². The van der Waals surface area contributed by atoms with E-state index in [4.69, 9.17) is 0 Å². The third-order valence-corrected chi connectivity index (χ3v) is 3.55. The summed E-state index contributed by atoms with van der Waals surface area (Å²) in [6, 6.07) is 4.03. The summed E-state index contributed by atoms with van der Waals surface area (Å²) in [6.45, 7) is 9.48. The topological polar surface area (TPSA) is 51.9 Å². The second kappa shape index (κ2) is 5.94. The Labute approximate surface area is 119 Å². The van der Waals surface area contributed by atoms with E-state index in [0.29, 0.717) is 12.2 Å². The highest BCUT2D eigenvalue weighted by Gasteiger charge is 2.12. The second-order valence-corrected chi connectivity index (χ2v) is 5.26. The van der Waals surface area contributed by atoms with Gasteiger partial charge in [0.1, 0.15) is 5.69 Å². The van der Waals surface area contributed by atoms with Crippen molar-refractivity contribution in [2.24, 2.45) is 0 Å². The maximum absolute atomic E-state index is 12.2. The molecule has 0 bridgehead atoms. The standard InChI is InChI=1S/C15H22N4O/c1-11(2)19-8-5-6-14(19)15(20)16-7-9-18-10-17-12(3)13(18)4/h5-6,8,10-11H,7,9H2,1-4H3,(H,16,20). The average Bonchev–Trinajstić information content (AvgIpc) is 3.00. The Hall–Kier alpha value is -2.04. The number of nitrogens with one attached hydrogen (secondary N) is 1. The number of carbonyl (C=O) groups is 1. The highest BCUT2D eigenvalue weighted by Crippen LogP contribution is 2.10. The van der Waals surface area contributed by atoms with Crippen molar-refractivity contribution in [3.8, 4) is 0 Å². The van der Waals surface area contributed by atoms with E-state index in [9.17, 15) is 4.79 Å². The molecular formula is C15H22N4O. The summed E-state index contributed by atoms with van der Waals surface area (Å²) < 4.78 is 4.03. The molecule has 0 aliphatic carbocycles. The minimum absolute atomic E-state index is 0.0295. The van der Waals surface area contributed by atoms with Gasteiger partial charge in [-0.3, -0.25) is 4.79 Å². The number of rotatable bonds is 5. The first-order valence-electron chi connectivity index (χ1n) is 6.94. The van der Waals surface area contributed by atoms with Gasteiger partial charge in [-0.2, -0.15) is 0 Å². The first-order chi connectivity index (χ1) is 9.50. The van der Waals surface area contributed by atoms with E-state index >= 15 is 0 Å². The first-order valence-corrected chi connectivity index (χ1v) is 6.94. The quantitative estimate of drug-likeness (QED) is 0.909. The summed E-state index contributed by atoms with van der Waals surface area (Å²) in [5.41, 5.74) is 2.88. The van der Waals surface area contributed by atoms with Gasteiger partial charge >= 0.3 is 0 Å². The summed E-state index contributed by atoms with van der Waals surface area (Å²) in [5.74, 6) is -0.0295. The van der Waals surface area contributed by atoms with E-state index in [1.54, 1.807) is 0 Å². The van der Waals surface area contributed by atoms with Gasteiger partial charge in [0.25, 0.3) is 5.91 Å². The van der Waals surface area contributed by atoms with E-state index < -0.39 is 0 Å². The molecule has 0 saturated carbocycles. The minimum Gasteiger partial charge on any atom is -0.349 e. The van der Waals surface area contributed by atoms with Crippen molar-refractivity contribution in [2.75, 3.05) is 6.54 Å². The van der Waals surface area contributed by atoms with Gasteiger partial charge < -0.3 is 14.5 Å². The van der Waals surface area contributed by atoms with Crippen molar-refractivity contribution < 1.29 is 4.79 Å². The lowest BCUT2D eigenvalue weighted by Gasteiger charge is -2.13. The van der Waals surface area contributed by atoms with Crippen molar-refractivity contribution in [3.05, 3.63) is 41.7 Å². The van der Waals surface area contributed by atoms with E-state index in [1.165, 1.54) is 0 Å². The molecule has 5 heteroatoms. The fraction of sp³-hybridized carbons (Fsp3) is 0.467. The van der Waals surface area contributed by atoms with Gasteiger partial charge in [0.05, 0.1) is 12.0 Å². The molecule has 0 saturated heterocycles. The molecule has 0 aliphatic rings. The molecule has 20 heavy (non-hydrogen) atoms. The molecule has 0 fully saturated rings. The zero-order valence-electron chi connectivity index (χ0n) is 12.6. The predicted molar refractivity (Wildman–Crippen MR) is 78.9 cm³/mol. The first kappa shape index (κ1) is 14.4. The monoisotopic (exact) mass is 274 g/mol. The lowest BCUT2D eigenvalue weighted by Crippen LogP contribution is -2.29.